The molecule has 234 valence electrons. The van der Waals surface area contributed by atoms with Crippen molar-refractivity contribution in [3.8, 4) is 16.9 Å². The Morgan fingerprint density at radius 1 is 1.16 bits per heavy atom. The van der Waals surface area contributed by atoms with Crippen LogP contribution >= 0.6 is 0 Å². The monoisotopic (exact) mass is 616 g/mol. The van der Waals surface area contributed by atoms with Crippen molar-refractivity contribution >= 4 is 25.8 Å². The molecule has 0 aliphatic carbocycles. The van der Waals surface area contributed by atoms with Crippen LogP contribution in [0.25, 0.3) is 11.1 Å². The van der Waals surface area contributed by atoms with Crippen LogP contribution in [0.3, 0.4) is 0 Å². The van der Waals surface area contributed by atoms with E-state index in [0.717, 1.165) is 58.9 Å². The highest BCUT2D eigenvalue weighted by Crippen LogP contribution is 2.40. The van der Waals surface area contributed by atoms with Crippen LogP contribution < -0.4 is 15.2 Å². The molecule has 2 aromatic carbocycles. The lowest BCUT2D eigenvalue weighted by Crippen LogP contribution is -2.44. The molecule has 0 radical (unpaired) electrons. The Morgan fingerprint density at radius 3 is 2.57 bits per heavy atom. The Bertz CT molecular complexity index is 1520. The smallest absolute Gasteiger partial charge is 0.287 e. The minimum atomic E-state index is -2.08. The quantitative estimate of drug-likeness (QED) is 0.250. The molecule has 1 saturated heterocycles. The van der Waals surface area contributed by atoms with E-state index in [0.29, 0.717) is 5.69 Å². The fraction of sp³-hybridized carbons (Fsp3) is 0.441. The van der Waals surface area contributed by atoms with Gasteiger partial charge >= 0.3 is 0 Å². The molecule has 2 unspecified atom stereocenters. The average Bonchev–Trinajstić information content (AvgIpc) is 3.18. The maximum Gasteiger partial charge on any atom is 0.287 e. The van der Waals surface area contributed by atoms with Gasteiger partial charge in [-0.2, -0.15) is 0 Å². The number of nitrogens with zero attached hydrogens (tertiary/aromatic N) is 3. The standard InChI is InChI=1S/C34H44N4O5Si/c1-33(2,3)44(6,7)43-30(26-11-9-17-35-20-26)22-37(5)21-28-15-13-25-18-24(14-16-29(25)42-28)23-10-8-12-27(19-23)38-32(40)34(4,41)31(39)36-38/h8-12,14,16-20,28,30,41H,13,15,21-22H2,1-7H3,(H,36,39)/t28?,30-,34?/m0/s1. The summed E-state index contributed by atoms with van der Waals surface area (Å²) in [5, 5.41) is 11.4. The van der Waals surface area contributed by atoms with E-state index in [1.165, 1.54) is 6.92 Å². The second-order valence-corrected chi connectivity index (χ2v) is 18.4. The fourth-order valence-electron chi connectivity index (χ4n) is 5.35. The lowest BCUT2D eigenvalue weighted by Gasteiger charge is -2.40. The molecular formula is C34H44N4O5Si. The number of benzene rings is 2. The zero-order valence-electron chi connectivity index (χ0n) is 26.8. The summed E-state index contributed by atoms with van der Waals surface area (Å²) >= 11 is 0. The summed E-state index contributed by atoms with van der Waals surface area (Å²) in [5.74, 6) is -0.559. The number of aryl methyl sites for hydroxylation is 1. The van der Waals surface area contributed by atoms with Gasteiger partial charge in [-0.25, -0.2) is 5.01 Å². The van der Waals surface area contributed by atoms with Crippen LogP contribution in [-0.4, -0.2) is 67.0 Å². The molecule has 44 heavy (non-hydrogen) atoms. The first-order valence-electron chi connectivity index (χ1n) is 15.2. The Kier molecular flexibility index (Phi) is 8.74. The van der Waals surface area contributed by atoms with Gasteiger partial charge in [0.1, 0.15) is 11.9 Å². The van der Waals surface area contributed by atoms with Crippen molar-refractivity contribution in [2.45, 2.75) is 76.5 Å². The number of aromatic nitrogens is 1. The molecule has 2 aliphatic rings. The Labute approximate surface area is 261 Å². The second-order valence-electron chi connectivity index (χ2n) is 13.7. The Hall–Kier alpha value is -3.57. The minimum Gasteiger partial charge on any atom is -0.489 e. The maximum absolute atomic E-state index is 12.6. The van der Waals surface area contributed by atoms with Gasteiger partial charge in [0, 0.05) is 25.5 Å². The molecule has 10 heteroatoms. The number of amides is 2. The third-order valence-corrected chi connectivity index (χ3v) is 13.6. The number of carbonyl (C=O) groups excluding carboxylic acids is 2. The van der Waals surface area contributed by atoms with Crippen LogP contribution in [0.1, 0.15) is 51.3 Å². The Balaban J connectivity index is 1.25. The average molecular weight is 617 g/mol. The summed E-state index contributed by atoms with van der Waals surface area (Å²) in [7, 11) is 0.116. The number of hydrogen-bond acceptors (Lipinski definition) is 7. The number of aliphatic hydroxyl groups is 1. The van der Waals surface area contributed by atoms with Crippen molar-refractivity contribution in [1.29, 1.82) is 0 Å². The van der Waals surface area contributed by atoms with E-state index in [4.69, 9.17) is 9.16 Å². The van der Waals surface area contributed by atoms with Crippen LogP contribution in [0.5, 0.6) is 5.75 Å². The van der Waals surface area contributed by atoms with Gasteiger partial charge in [-0.15, -0.1) is 0 Å². The number of carbonyl (C=O) groups is 2. The molecule has 9 nitrogen and oxygen atoms in total. The van der Waals surface area contributed by atoms with Gasteiger partial charge in [0.15, 0.2) is 8.32 Å². The summed E-state index contributed by atoms with van der Waals surface area (Å²) in [6, 6.07) is 17.5. The molecule has 5 rings (SSSR count). The number of hydrazine groups is 1. The molecule has 3 aromatic rings. The van der Waals surface area contributed by atoms with Gasteiger partial charge in [0.25, 0.3) is 11.8 Å². The van der Waals surface area contributed by atoms with E-state index in [1.54, 1.807) is 12.3 Å². The number of pyridine rings is 1. The summed E-state index contributed by atoms with van der Waals surface area (Å²) in [6.07, 6.45) is 5.48. The SMILES string of the molecule is CN(CC1CCc2cc(-c3cccc(N4NC(=O)C(C)(O)C4=O)c3)ccc2O1)C[C@H](O[Si](C)(C)C(C)(C)C)c1cccnc1. The van der Waals surface area contributed by atoms with Crippen molar-refractivity contribution in [2.24, 2.45) is 0 Å². The molecule has 1 fully saturated rings. The Morgan fingerprint density at radius 2 is 1.91 bits per heavy atom. The van der Waals surface area contributed by atoms with E-state index in [1.807, 2.05) is 42.6 Å². The molecular weight excluding hydrogens is 572 g/mol. The van der Waals surface area contributed by atoms with E-state index < -0.39 is 25.7 Å². The van der Waals surface area contributed by atoms with Crippen molar-refractivity contribution in [1.82, 2.24) is 15.3 Å². The molecule has 0 bridgehead atoms. The molecule has 1 aromatic heterocycles. The highest BCUT2D eigenvalue weighted by atomic mass is 28.4. The van der Waals surface area contributed by atoms with Gasteiger partial charge in [-0.3, -0.25) is 24.9 Å². The highest BCUT2D eigenvalue weighted by molar-refractivity contribution is 6.74. The van der Waals surface area contributed by atoms with Crippen LogP contribution in [0.2, 0.25) is 18.1 Å². The van der Waals surface area contributed by atoms with Crippen molar-refractivity contribution in [2.75, 3.05) is 25.1 Å². The molecule has 2 aliphatic heterocycles. The van der Waals surface area contributed by atoms with Crippen molar-refractivity contribution in [3.05, 3.63) is 78.1 Å². The van der Waals surface area contributed by atoms with Gasteiger partial charge in [0.2, 0.25) is 5.60 Å². The zero-order chi connectivity index (χ0) is 31.9. The lowest BCUT2D eigenvalue weighted by molar-refractivity contribution is -0.142. The van der Waals surface area contributed by atoms with Crippen molar-refractivity contribution < 1.29 is 23.9 Å². The van der Waals surface area contributed by atoms with Crippen LogP contribution in [0.4, 0.5) is 5.69 Å². The van der Waals surface area contributed by atoms with Gasteiger partial charge in [0.05, 0.1) is 11.8 Å². The van der Waals surface area contributed by atoms with Gasteiger partial charge in [-0.05, 0) is 97.5 Å². The third kappa shape index (κ3) is 6.58. The first-order chi connectivity index (χ1) is 20.7. The molecule has 0 spiro atoms. The summed E-state index contributed by atoms with van der Waals surface area (Å²) in [4.78, 5) is 31.3. The van der Waals surface area contributed by atoms with E-state index >= 15 is 0 Å². The highest BCUT2D eigenvalue weighted by Gasteiger charge is 2.50. The fourth-order valence-corrected chi connectivity index (χ4v) is 6.63. The van der Waals surface area contributed by atoms with E-state index in [9.17, 15) is 14.7 Å². The van der Waals surface area contributed by atoms with Gasteiger partial charge < -0.3 is 14.3 Å². The molecule has 2 N–H and O–H groups in total. The normalized spacial score (nSPS) is 21.2. The van der Waals surface area contributed by atoms with E-state index in [2.05, 4.69) is 68.4 Å². The summed E-state index contributed by atoms with van der Waals surface area (Å²) in [5.41, 5.74) is 4.97. The number of ether oxygens (including phenoxy) is 1. The first-order valence-corrected chi connectivity index (χ1v) is 18.1. The van der Waals surface area contributed by atoms with E-state index in [-0.39, 0.29) is 17.2 Å². The molecule has 2 amide bonds. The van der Waals surface area contributed by atoms with Crippen LogP contribution in [0.15, 0.2) is 67.0 Å². The number of rotatable bonds is 9. The predicted molar refractivity (Wildman–Crippen MR) is 174 cm³/mol. The second kappa shape index (κ2) is 12.1. The summed E-state index contributed by atoms with van der Waals surface area (Å²) in [6.45, 7) is 14.1. The van der Waals surface area contributed by atoms with Crippen molar-refractivity contribution in [3.63, 3.8) is 0 Å². The van der Waals surface area contributed by atoms with Gasteiger partial charge in [-0.1, -0.05) is 45.0 Å². The number of likely N-dealkylation sites (N-methyl/N-ethyl adjacent to an activating group) is 1. The molecule has 3 heterocycles. The first kappa shape index (κ1) is 31.8. The van der Waals surface area contributed by atoms with Crippen LogP contribution in [0, 0.1) is 0 Å². The number of anilines is 1. The lowest BCUT2D eigenvalue weighted by atomic mass is 9.96. The minimum absolute atomic E-state index is 0.0571. The summed E-state index contributed by atoms with van der Waals surface area (Å²) < 4.78 is 13.4. The number of nitrogens with one attached hydrogen (secondary N) is 1. The third-order valence-electron chi connectivity index (χ3n) is 9.09. The maximum atomic E-state index is 12.6. The number of fused-ring (bicyclic) bond motifs is 1. The largest absolute Gasteiger partial charge is 0.489 e. The molecule has 0 saturated carbocycles. The topological polar surface area (TPSA) is 104 Å². The number of hydrogen-bond donors (Lipinski definition) is 2. The molecule has 3 atom stereocenters. The zero-order valence-corrected chi connectivity index (χ0v) is 27.8. The predicted octanol–water partition coefficient (Wildman–Crippen LogP) is 5.27. The van der Waals surface area contributed by atoms with Crippen LogP contribution in [-0.2, 0) is 20.4 Å².